The Hall–Kier alpha value is -3.17. The molecule has 3 rings (SSSR count). The number of nitrogens with one attached hydrogen (secondary N) is 1. The molecular weight excluding hydrogens is 478 g/mol. The first-order valence-electron chi connectivity index (χ1n) is 8.96. The molecule has 0 radical (unpaired) electrons. The largest absolute Gasteiger partial charge is 0.573 e. The predicted octanol–water partition coefficient (Wildman–Crippen LogP) is 4.03. The number of rotatable bonds is 6. The summed E-state index contributed by atoms with van der Waals surface area (Å²) < 4.78 is 47.3. The van der Waals surface area contributed by atoms with E-state index in [9.17, 15) is 28.0 Å². The Balaban J connectivity index is 2.23. The van der Waals surface area contributed by atoms with Crippen LogP contribution >= 0.6 is 23.2 Å². The molecule has 14 heteroatoms. The van der Waals surface area contributed by atoms with Crippen molar-refractivity contribution in [2.24, 2.45) is 5.73 Å². The second-order valence-electron chi connectivity index (χ2n) is 6.67. The minimum Gasteiger partial charge on any atom is -0.450 e. The molecule has 32 heavy (non-hydrogen) atoms. The number of hydrogen-bond donors (Lipinski definition) is 2. The molecule has 170 valence electrons. The Kier molecular flexibility index (Phi) is 6.17. The monoisotopic (exact) mass is 491 g/mol. The number of carbonyl (C=O) groups is 2. The van der Waals surface area contributed by atoms with Crippen molar-refractivity contribution in [3.63, 3.8) is 0 Å². The number of anilines is 1. The number of nitrogens with two attached hydrogens (primary N) is 1. The van der Waals surface area contributed by atoms with Gasteiger partial charge in [-0.3, -0.25) is 10.1 Å². The molecule has 0 spiro atoms. The Morgan fingerprint density at radius 1 is 1.34 bits per heavy atom. The predicted molar refractivity (Wildman–Crippen MR) is 106 cm³/mol. The Bertz CT molecular complexity index is 1120. The molecule has 0 unspecified atom stereocenters. The zero-order chi connectivity index (χ0) is 23.8. The maximum absolute atomic E-state index is 12.6. The van der Waals surface area contributed by atoms with Crippen LogP contribution < -0.4 is 15.8 Å². The van der Waals surface area contributed by atoms with Gasteiger partial charge in [0.25, 0.3) is 0 Å². The summed E-state index contributed by atoms with van der Waals surface area (Å²) in [5.41, 5.74) is 3.87. The van der Waals surface area contributed by atoms with Crippen LogP contribution in [0.25, 0.3) is 5.69 Å². The highest BCUT2D eigenvalue weighted by atomic mass is 35.5. The summed E-state index contributed by atoms with van der Waals surface area (Å²) in [6.07, 6.45) is -5.35. The first kappa shape index (κ1) is 23.5. The van der Waals surface area contributed by atoms with Gasteiger partial charge in [-0.15, -0.1) is 13.2 Å². The summed E-state index contributed by atoms with van der Waals surface area (Å²) in [7, 11) is 0. The van der Waals surface area contributed by atoms with Gasteiger partial charge in [0.05, 0.1) is 22.1 Å². The van der Waals surface area contributed by atoms with E-state index in [1.165, 1.54) is 0 Å². The average molecular weight is 492 g/mol. The average Bonchev–Trinajstić information content (AvgIpc) is 3.38. The van der Waals surface area contributed by atoms with Crippen molar-refractivity contribution in [1.82, 2.24) is 9.78 Å². The second-order valence-corrected chi connectivity index (χ2v) is 7.49. The summed E-state index contributed by atoms with van der Waals surface area (Å²) in [4.78, 5) is 24.3. The molecule has 0 aliphatic heterocycles. The van der Waals surface area contributed by atoms with E-state index in [4.69, 9.17) is 33.7 Å². The van der Waals surface area contributed by atoms with E-state index in [0.717, 1.165) is 16.8 Å². The van der Waals surface area contributed by atoms with Gasteiger partial charge in [-0.05, 0) is 19.8 Å². The number of alkyl halides is 3. The summed E-state index contributed by atoms with van der Waals surface area (Å²) in [6.45, 7) is 1.56. The summed E-state index contributed by atoms with van der Waals surface area (Å²) in [5.74, 6) is -1.61. The smallest absolute Gasteiger partial charge is 0.450 e. The quantitative estimate of drug-likeness (QED) is 0.626. The number of carbonyl (C=O) groups excluding carboxylic acids is 2. The molecule has 1 saturated carbocycles. The first-order chi connectivity index (χ1) is 14.9. The lowest BCUT2D eigenvalue weighted by Crippen LogP contribution is -2.30. The molecule has 1 aliphatic carbocycles. The fourth-order valence-corrected chi connectivity index (χ4v) is 3.80. The SMILES string of the molecule is CCOC(=O)Nc1c(C2(C(N)=O)CC2)c(C#N)nn1-c1c(Cl)cc(OC(F)(F)F)cc1Cl. The highest BCUT2D eigenvalue weighted by Crippen LogP contribution is 2.52. The fraction of sp³-hybridized carbons (Fsp3) is 0.333. The number of halogens is 5. The van der Waals surface area contributed by atoms with Gasteiger partial charge in [0, 0.05) is 17.7 Å². The van der Waals surface area contributed by atoms with Crippen LogP contribution in [0.15, 0.2) is 12.1 Å². The molecular formula is C18H14Cl2F3N5O4. The van der Waals surface area contributed by atoms with Crippen LogP contribution in [0.5, 0.6) is 5.75 Å². The number of nitriles is 1. The van der Waals surface area contributed by atoms with E-state index in [-0.39, 0.29) is 39.4 Å². The van der Waals surface area contributed by atoms with E-state index in [0.29, 0.717) is 12.8 Å². The minimum absolute atomic E-state index is 0.00631. The topological polar surface area (TPSA) is 132 Å². The maximum atomic E-state index is 12.6. The van der Waals surface area contributed by atoms with Crippen molar-refractivity contribution in [3.8, 4) is 17.5 Å². The molecule has 0 atom stereocenters. The number of aromatic nitrogens is 2. The zero-order valence-corrected chi connectivity index (χ0v) is 17.7. The van der Waals surface area contributed by atoms with Crippen LogP contribution in [0.3, 0.4) is 0 Å². The summed E-state index contributed by atoms with van der Waals surface area (Å²) >= 11 is 12.3. The van der Waals surface area contributed by atoms with Crippen LogP contribution in [0.1, 0.15) is 31.0 Å². The molecule has 1 aliphatic rings. The van der Waals surface area contributed by atoms with Crippen molar-refractivity contribution in [2.75, 3.05) is 11.9 Å². The molecule has 3 N–H and O–H groups in total. The lowest BCUT2D eigenvalue weighted by Gasteiger charge is -2.17. The van der Waals surface area contributed by atoms with Gasteiger partial charge in [-0.1, -0.05) is 23.2 Å². The van der Waals surface area contributed by atoms with E-state index in [2.05, 4.69) is 15.2 Å². The minimum atomic E-state index is -4.99. The van der Waals surface area contributed by atoms with E-state index >= 15 is 0 Å². The lowest BCUT2D eigenvalue weighted by atomic mass is 9.94. The van der Waals surface area contributed by atoms with Crippen molar-refractivity contribution >= 4 is 41.0 Å². The molecule has 1 fully saturated rings. The Labute approximate surface area is 188 Å². The number of benzene rings is 1. The first-order valence-corrected chi connectivity index (χ1v) is 9.71. The standard InChI is InChI=1S/C18H14Cl2F3N5O4/c1-2-31-16(30)26-14-12(17(3-4-17)15(25)29)11(7-24)27-28(14)13-9(19)5-8(6-10(13)20)32-18(21,22)23/h5-6H,2-4H2,1H3,(H2,25,29)(H,26,30). The molecule has 1 aromatic carbocycles. The zero-order valence-electron chi connectivity index (χ0n) is 16.2. The van der Waals surface area contributed by atoms with Crippen molar-refractivity contribution in [1.29, 1.82) is 5.26 Å². The van der Waals surface area contributed by atoms with Crippen LogP contribution in [0.4, 0.5) is 23.8 Å². The number of nitrogens with zero attached hydrogens (tertiary/aromatic N) is 3. The van der Waals surface area contributed by atoms with E-state index in [1.807, 2.05) is 6.07 Å². The molecule has 0 bridgehead atoms. The third-order valence-corrected chi connectivity index (χ3v) is 5.20. The van der Waals surface area contributed by atoms with Crippen LogP contribution in [0.2, 0.25) is 10.0 Å². The van der Waals surface area contributed by atoms with Gasteiger partial charge in [0.2, 0.25) is 5.91 Å². The highest BCUT2D eigenvalue weighted by Gasteiger charge is 2.55. The van der Waals surface area contributed by atoms with Crippen LogP contribution in [-0.4, -0.2) is 34.8 Å². The van der Waals surface area contributed by atoms with Gasteiger partial charge in [0.1, 0.15) is 23.3 Å². The van der Waals surface area contributed by atoms with Gasteiger partial charge in [0.15, 0.2) is 5.69 Å². The molecule has 2 amide bonds. The Morgan fingerprint density at radius 2 is 1.94 bits per heavy atom. The normalized spacial score (nSPS) is 14.4. The number of amides is 2. The van der Waals surface area contributed by atoms with Crippen LogP contribution in [-0.2, 0) is 14.9 Å². The molecule has 2 aromatic rings. The molecule has 1 heterocycles. The third-order valence-electron chi connectivity index (χ3n) is 4.62. The highest BCUT2D eigenvalue weighted by molar-refractivity contribution is 6.38. The number of primary amides is 1. The van der Waals surface area contributed by atoms with Crippen LogP contribution in [0, 0.1) is 11.3 Å². The van der Waals surface area contributed by atoms with Crippen molar-refractivity contribution in [3.05, 3.63) is 33.4 Å². The van der Waals surface area contributed by atoms with Gasteiger partial charge in [-0.2, -0.15) is 10.4 Å². The third kappa shape index (κ3) is 4.39. The Morgan fingerprint density at radius 3 is 2.38 bits per heavy atom. The number of hydrogen-bond acceptors (Lipinski definition) is 6. The van der Waals surface area contributed by atoms with Crippen molar-refractivity contribution < 1.29 is 32.2 Å². The summed E-state index contributed by atoms with van der Waals surface area (Å²) in [5, 5.41) is 15.4. The molecule has 9 nitrogen and oxygen atoms in total. The van der Waals surface area contributed by atoms with E-state index < -0.39 is 29.5 Å². The van der Waals surface area contributed by atoms with Gasteiger partial charge in [-0.25, -0.2) is 9.48 Å². The van der Waals surface area contributed by atoms with Gasteiger partial charge < -0.3 is 15.2 Å². The maximum Gasteiger partial charge on any atom is 0.573 e. The summed E-state index contributed by atoms with van der Waals surface area (Å²) in [6, 6.07) is 3.49. The lowest BCUT2D eigenvalue weighted by molar-refractivity contribution is -0.274. The van der Waals surface area contributed by atoms with Crippen molar-refractivity contribution in [2.45, 2.75) is 31.5 Å². The van der Waals surface area contributed by atoms with E-state index in [1.54, 1.807) is 6.92 Å². The van der Waals surface area contributed by atoms with Gasteiger partial charge >= 0.3 is 12.5 Å². The second kappa shape index (κ2) is 8.40. The number of ether oxygens (including phenoxy) is 2. The fourth-order valence-electron chi connectivity index (χ4n) is 3.17. The molecule has 0 saturated heterocycles. The molecule has 1 aromatic heterocycles.